The van der Waals surface area contributed by atoms with Crippen LogP contribution in [0.2, 0.25) is 0 Å². The molecule has 0 saturated carbocycles. The Morgan fingerprint density at radius 3 is 2.41 bits per heavy atom. The number of nitrogens with zero attached hydrogens (tertiary/aromatic N) is 4. The van der Waals surface area contributed by atoms with Crippen LogP contribution in [-0.2, 0) is 17.8 Å². The topological polar surface area (TPSA) is 56.8 Å². The molecule has 0 radical (unpaired) electrons. The van der Waals surface area contributed by atoms with Crippen molar-refractivity contribution in [2.24, 2.45) is 0 Å². The summed E-state index contributed by atoms with van der Waals surface area (Å²) in [5.74, 6) is 0.142. The van der Waals surface area contributed by atoms with Gasteiger partial charge in [0.2, 0.25) is 5.91 Å². The van der Waals surface area contributed by atoms with Crippen molar-refractivity contribution >= 4 is 17.5 Å². The number of piperazine rings is 1. The largest absolute Gasteiger partial charge is 0.367 e. The van der Waals surface area contributed by atoms with Crippen LogP contribution in [0.1, 0.15) is 28.4 Å². The number of carbonyl (C=O) groups is 2. The number of aromatic nitrogens is 1. The fourth-order valence-corrected chi connectivity index (χ4v) is 3.85. The van der Waals surface area contributed by atoms with Crippen molar-refractivity contribution in [1.82, 2.24) is 14.8 Å². The quantitative estimate of drug-likeness (QED) is 0.817. The summed E-state index contributed by atoms with van der Waals surface area (Å²) in [6, 6.07) is 10.2. The van der Waals surface area contributed by atoms with Crippen LogP contribution in [0.3, 0.4) is 0 Å². The van der Waals surface area contributed by atoms with Gasteiger partial charge in [-0.15, -0.1) is 0 Å². The van der Waals surface area contributed by atoms with Crippen molar-refractivity contribution in [3.63, 3.8) is 0 Å². The Bertz CT molecular complexity index is 859. The second kappa shape index (κ2) is 7.39. The zero-order valence-corrected chi connectivity index (χ0v) is 15.6. The van der Waals surface area contributed by atoms with Crippen molar-refractivity contribution in [2.45, 2.75) is 19.9 Å². The molecule has 0 spiro atoms. The molecule has 2 aliphatic heterocycles. The monoisotopic (exact) mass is 364 g/mol. The molecule has 2 amide bonds. The van der Waals surface area contributed by atoms with E-state index in [1.807, 2.05) is 21.9 Å². The summed E-state index contributed by atoms with van der Waals surface area (Å²) in [7, 11) is 0. The molecular weight excluding hydrogens is 340 g/mol. The predicted molar refractivity (Wildman–Crippen MR) is 104 cm³/mol. The third-order valence-electron chi connectivity index (χ3n) is 5.48. The first-order valence-corrected chi connectivity index (χ1v) is 9.43. The number of pyridine rings is 1. The molecule has 1 aromatic carbocycles. The van der Waals surface area contributed by atoms with Gasteiger partial charge in [0, 0.05) is 52.4 Å². The molecular formula is C21H24N4O2. The van der Waals surface area contributed by atoms with E-state index >= 15 is 0 Å². The Hall–Kier alpha value is -2.89. The summed E-state index contributed by atoms with van der Waals surface area (Å²) >= 11 is 0. The highest BCUT2D eigenvalue weighted by Gasteiger charge is 2.23. The molecule has 27 heavy (non-hydrogen) atoms. The number of amides is 2. The average molecular weight is 364 g/mol. The van der Waals surface area contributed by atoms with Gasteiger partial charge in [-0.1, -0.05) is 24.3 Å². The standard InChI is InChI=1S/C21H24N4O2/c1-16(26)23-8-10-24(11-9-23)20-12-19(13-22-14-20)21(27)25-7-6-17-4-2-3-5-18(17)15-25/h2-5,12-14H,6-11,15H2,1H3. The number of hydrogen-bond donors (Lipinski definition) is 0. The van der Waals surface area contributed by atoms with E-state index in [2.05, 4.69) is 28.1 Å². The summed E-state index contributed by atoms with van der Waals surface area (Å²) in [6.07, 6.45) is 4.34. The molecule has 2 aromatic rings. The van der Waals surface area contributed by atoms with E-state index in [9.17, 15) is 9.59 Å². The number of carbonyl (C=O) groups excluding carboxylic acids is 2. The lowest BCUT2D eigenvalue weighted by Crippen LogP contribution is -2.48. The number of hydrogen-bond acceptors (Lipinski definition) is 4. The van der Waals surface area contributed by atoms with Gasteiger partial charge >= 0.3 is 0 Å². The van der Waals surface area contributed by atoms with Crippen LogP contribution in [0.25, 0.3) is 0 Å². The first-order valence-electron chi connectivity index (χ1n) is 9.43. The maximum atomic E-state index is 13.0. The Kier molecular flexibility index (Phi) is 4.79. The summed E-state index contributed by atoms with van der Waals surface area (Å²) in [5, 5.41) is 0. The molecule has 2 aliphatic rings. The Morgan fingerprint density at radius 2 is 1.67 bits per heavy atom. The number of anilines is 1. The number of fused-ring (bicyclic) bond motifs is 1. The van der Waals surface area contributed by atoms with Crippen LogP contribution in [0.5, 0.6) is 0 Å². The van der Waals surface area contributed by atoms with E-state index in [0.717, 1.165) is 31.7 Å². The highest BCUT2D eigenvalue weighted by atomic mass is 16.2. The fraction of sp³-hybridized carbons (Fsp3) is 0.381. The molecule has 140 valence electrons. The van der Waals surface area contributed by atoms with Gasteiger partial charge in [0.05, 0.1) is 17.4 Å². The van der Waals surface area contributed by atoms with Crippen molar-refractivity contribution in [3.05, 3.63) is 59.4 Å². The molecule has 1 aromatic heterocycles. The van der Waals surface area contributed by atoms with Crippen LogP contribution in [0, 0.1) is 0 Å². The third kappa shape index (κ3) is 3.65. The molecule has 1 saturated heterocycles. The van der Waals surface area contributed by atoms with Crippen molar-refractivity contribution in [1.29, 1.82) is 0 Å². The maximum absolute atomic E-state index is 13.0. The zero-order valence-electron chi connectivity index (χ0n) is 15.6. The van der Waals surface area contributed by atoms with Crippen molar-refractivity contribution in [3.8, 4) is 0 Å². The average Bonchev–Trinajstić information content (AvgIpc) is 2.73. The minimum atomic E-state index is 0.0289. The summed E-state index contributed by atoms with van der Waals surface area (Å²) in [4.78, 5) is 34.7. The van der Waals surface area contributed by atoms with Crippen LogP contribution < -0.4 is 4.90 Å². The summed E-state index contributed by atoms with van der Waals surface area (Å²) in [6.45, 7) is 5.92. The molecule has 3 heterocycles. The van der Waals surface area contributed by atoms with Gasteiger partial charge in [-0.3, -0.25) is 14.6 Å². The summed E-state index contributed by atoms with van der Waals surface area (Å²) in [5.41, 5.74) is 4.13. The van der Waals surface area contributed by atoms with Gasteiger partial charge < -0.3 is 14.7 Å². The van der Waals surface area contributed by atoms with Crippen molar-refractivity contribution in [2.75, 3.05) is 37.6 Å². The molecule has 0 unspecified atom stereocenters. The van der Waals surface area contributed by atoms with Gasteiger partial charge in [0.1, 0.15) is 0 Å². The van der Waals surface area contributed by atoms with E-state index in [4.69, 9.17) is 0 Å². The minimum absolute atomic E-state index is 0.0289. The van der Waals surface area contributed by atoms with E-state index in [1.165, 1.54) is 11.1 Å². The molecule has 4 rings (SSSR count). The minimum Gasteiger partial charge on any atom is -0.367 e. The highest BCUT2D eigenvalue weighted by molar-refractivity contribution is 5.95. The Morgan fingerprint density at radius 1 is 0.926 bits per heavy atom. The molecule has 0 bridgehead atoms. The molecule has 0 atom stereocenters. The van der Waals surface area contributed by atoms with Gasteiger partial charge in [0.15, 0.2) is 0 Å². The summed E-state index contributed by atoms with van der Waals surface area (Å²) < 4.78 is 0. The number of benzene rings is 1. The molecule has 6 heteroatoms. The first kappa shape index (κ1) is 17.5. The SMILES string of the molecule is CC(=O)N1CCN(c2cncc(C(=O)N3CCc4ccccc4C3)c2)CC1. The number of rotatable bonds is 2. The second-order valence-corrected chi connectivity index (χ2v) is 7.17. The predicted octanol–water partition coefficient (Wildman–Crippen LogP) is 1.95. The van der Waals surface area contributed by atoms with Gasteiger partial charge in [0.25, 0.3) is 5.91 Å². The Balaban J connectivity index is 1.47. The van der Waals surface area contributed by atoms with Crippen LogP contribution in [0.15, 0.2) is 42.7 Å². The Labute approximate surface area is 159 Å². The normalized spacial score (nSPS) is 16.9. The van der Waals surface area contributed by atoms with E-state index in [-0.39, 0.29) is 11.8 Å². The van der Waals surface area contributed by atoms with Crippen LogP contribution in [0.4, 0.5) is 5.69 Å². The van der Waals surface area contributed by atoms with Crippen LogP contribution >= 0.6 is 0 Å². The van der Waals surface area contributed by atoms with Gasteiger partial charge in [-0.25, -0.2) is 0 Å². The maximum Gasteiger partial charge on any atom is 0.255 e. The van der Waals surface area contributed by atoms with Gasteiger partial charge in [-0.05, 0) is 23.6 Å². The lowest BCUT2D eigenvalue weighted by Gasteiger charge is -2.35. The molecule has 0 aliphatic carbocycles. The lowest BCUT2D eigenvalue weighted by atomic mass is 9.99. The third-order valence-corrected chi connectivity index (χ3v) is 5.48. The fourth-order valence-electron chi connectivity index (χ4n) is 3.85. The molecule has 1 fully saturated rings. The lowest BCUT2D eigenvalue weighted by molar-refractivity contribution is -0.129. The zero-order chi connectivity index (χ0) is 18.8. The van der Waals surface area contributed by atoms with E-state index in [0.29, 0.717) is 25.2 Å². The van der Waals surface area contributed by atoms with Crippen molar-refractivity contribution < 1.29 is 9.59 Å². The van der Waals surface area contributed by atoms with E-state index < -0.39 is 0 Å². The molecule has 6 nitrogen and oxygen atoms in total. The highest BCUT2D eigenvalue weighted by Crippen LogP contribution is 2.22. The molecule has 0 N–H and O–H groups in total. The van der Waals surface area contributed by atoms with Gasteiger partial charge in [-0.2, -0.15) is 0 Å². The first-order chi connectivity index (χ1) is 13.1. The van der Waals surface area contributed by atoms with Crippen LogP contribution in [-0.4, -0.2) is 59.3 Å². The second-order valence-electron chi connectivity index (χ2n) is 7.17. The van der Waals surface area contributed by atoms with E-state index in [1.54, 1.807) is 19.3 Å². The smallest absolute Gasteiger partial charge is 0.255 e.